The summed E-state index contributed by atoms with van der Waals surface area (Å²) in [7, 11) is 0. The van der Waals surface area contributed by atoms with Crippen LogP contribution in [0.1, 0.15) is 33.6 Å². The number of para-hydroxylation sites is 1. The first-order chi connectivity index (χ1) is 9.60. The summed E-state index contributed by atoms with van der Waals surface area (Å²) in [5, 5.41) is 0. The van der Waals surface area contributed by atoms with Gasteiger partial charge < -0.3 is 9.64 Å². The van der Waals surface area contributed by atoms with E-state index in [1.165, 1.54) is 6.42 Å². The van der Waals surface area contributed by atoms with Gasteiger partial charge in [-0.2, -0.15) is 0 Å². The van der Waals surface area contributed by atoms with Crippen LogP contribution in [0.4, 0.5) is 0 Å². The Balaban J connectivity index is 2.01. The van der Waals surface area contributed by atoms with Crippen molar-refractivity contribution in [2.75, 3.05) is 13.1 Å². The number of nitrogens with zero attached hydrogens (tertiary/aromatic N) is 1. The standard InChI is InChI=1S/C17H25NO2/c1-4-16(20-15-8-6-5-7-9-15)17(19)18-11-13(2)10-14(3)12-18/h5-9,13-14,16H,4,10-12H2,1-3H3/t13-,14+,16-/m0/s1. The molecule has 20 heavy (non-hydrogen) atoms. The number of benzene rings is 1. The highest BCUT2D eigenvalue weighted by molar-refractivity contribution is 5.81. The number of likely N-dealkylation sites (tertiary alicyclic amines) is 1. The highest BCUT2D eigenvalue weighted by Gasteiger charge is 2.30. The molecule has 0 aromatic heterocycles. The van der Waals surface area contributed by atoms with Crippen molar-refractivity contribution in [3.05, 3.63) is 30.3 Å². The Morgan fingerprint density at radius 1 is 1.25 bits per heavy atom. The number of carbonyl (C=O) groups excluding carboxylic acids is 1. The molecule has 1 amide bonds. The third kappa shape index (κ3) is 3.75. The molecule has 1 heterocycles. The molecule has 0 aliphatic carbocycles. The van der Waals surface area contributed by atoms with Crippen LogP contribution in [0.5, 0.6) is 5.75 Å². The molecular formula is C17H25NO2. The minimum Gasteiger partial charge on any atom is -0.481 e. The summed E-state index contributed by atoms with van der Waals surface area (Å²) in [5.41, 5.74) is 0. The van der Waals surface area contributed by atoms with Gasteiger partial charge in [-0.1, -0.05) is 39.0 Å². The molecule has 0 N–H and O–H groups in total. The molecule has 0 spiro atoms. The highest BCUT2D eigenvalue weighted by atomic mass is 16.5. The van der Waals surface area contributed by atoms with Crippen molar-refractivity contribution in [1.29, 1.82) is 0 Å². The number of hydrogen-bond acceptors (Lipinski definition) is 2. The van der Waals surface area contributed by atoms with E-state index in [9.17, 15) is 4.79 Å². The van der Waals surface area contributed by atoms with Crippen LogP contribution in [0, 0.1) is 11.8 Å². The monoisotopic (exact) mass is 275 g/mol. The van der Waals surface area contributed by atoms with Gasteiger partial charge in [0.2, 0.25) is 0 Å². The Kier molecular flexibility index (Phi) is 5.05. The van der Waals surface area contributed by atoms with E-state index in [0.717, 1.165) is 18.8 Å². The van der Waals surface area contributed by atoms with E-state index in [4.69, 9.17) is 4.74 Å². The van der Waals surface area contributed by atoms with E-state index in [1.807, 2.05) is 42.2 Å². The lowest BCUT2D eigenvalue weighted by Crippen LogP contribution is -2.48. The van der Waals surface area contributed by atoms with Crippen molar-refractivity contribution in [1.82, 2.24) is 4.90 Å². The third-order valence-electron chi connectivity index (χ3n) is 3.85. The molecule has 1 aromatic rings. The van der Waals surface area contributed by atoms with Crippen LogP contribution >= 0.6 is 0 Å². The van der Waals surface area contributed by atoms with Crippen LogP contribution in [-0.2, 0) is 4.79 Å². The minimum atomic E-state index is -0.366. The van der Waals surface area contributed by atoms with E-state index >= 15 is 0 Å². The number of hydrogen-bond donors (Lipinski definition) is 0. The van der Waals surface area contributed by atoms with Crippen LogP contribution in [0.2, 0.25) is 0 Å². The number of rotatable bonds is 4. The van der Waals surface area contributed by atoms with Crippen LogP contribution in [0.25, 0.3) is 0 Å². The van der Waals surface area contributed by atoms with Gasteiger partial charge in [0.15, 0.2) is 6.10 Å². The summed E-state index contributed by atoms with van der Waals surface area (Å²) in [4.78, 5) is 14.6. The average Bonchev–Trinajstić information content (AvgIpc) is 2.44. The molecule has 1 fully saturated rings. The van der Waals surface area contributed by atoms with Gasteiger partial charge in [0.05, 0.1) is 0 Å². The summed E-state index contributed by atoms with van der Waals surface area (Å²) < 4.78 is 5.86. The molecule has 3 atom stereocenters. The van der Waals surface area contributed by atoms with Crippen molar-refractivity contribution >= 4 is 5.91 Å². The molecule has 1 aliphatic rings. The molecular weight excluding hydrogens is 250 g/mol. The molecule has 1 aromatic carbocycles. The van der Waals surface area contributed by atoms with Crippen LogP contribution in [0.15, 0.2) is 30.3 Å². The number of carbonyl (C=O) groups is 1. The fourth-order valence-corrected chi connectivity index (χ4v) is 3.02. The van der Waals surface area contributed by atoms with Crippen molar-refractivity contribution < 1.29 is 9.53 Å². The van der Waals surface area contributed by atoms with Crippen LogP contribution in [0.3, 0.4) is 0 Å². The highest BCUT2D eigenvalue weighted by Crippen LogP contribution is 2.23. The van der Waals surface area contributed by atoms with Crippen LogP contribution in [-0.4, -0.2) is 30.0 Å². The van der Waals surface area contributed by atoms with Gasteiger partial charge in [0, 0.05) is 13.1 Å². The Morgan fingerprint density at radius 3 is 2.40 bits per heavy atom. The SMILES string of the molecule is CC[C@H](Oc1ccccc1)C(=O)N1C[C@H](C)C[C@H](C)C1. The van der Waals surface area contributed by atoms with E-state index in [1.54, 1.807) is 0 Å². The Morgan fingerprint density at radius 2 is 1.85 bits per heavy atom. The largest absolute Gasteiger partial charge is 0.481 e. The Hall–Kier alpha value is -1.51. The summed E-state index contributed by atoms with van der Waals surface area (Å²) in [6, 6.07) is 9.60. The molecule has 0 bridgehead atoms. The van der Waals surface area contributed by atoms with Crippen molar-refractivity contribution in [3.63, 3.8) is 0 Å². The van der Waals surface area contributed by atoms with Gasteiger partial charge in [-0.25, -0.2) is 0 Å². The molecule has 1 saturated heterocycles. The lowest BCUT2D eigenvalue weighted by atomic mass is 9.91. The minimum absolute atomic E-state index is 0.134. The number of piperidine rings is 1. The zero-order valence-electron chi connectivity index (χ0n) is 12.7. The van der Waals surface area contributed by atoms with Crippen LogP contribution < -0.4 is 4.74 Å². The van der Waals surface area contributed by atoms with Gasteiger partial charge >= 0.3 is 0 Å². The molecule has 0 unspecified atom stereocenters. The third-order valence-corrected chi connectivity index (χ3v) is 3.85. The first-order valence-electron chi connectivity index (χ1n) is 7.60. The lowest BCUT2D eigenvalue weighted by Gasteiger charge is -2.36. The zero-order valence-corrected chi connectivity index (χ0v) is 12.7. The molecule has 0 saturated carbocycles. The van der Waals surface area contributed by atoms with Gasteiger partial charge in [-0.05, 0) is 36.8 Å². The summed E-state index contributed by atoms with van der Waals surface area (Å²) in [5.74, 6) is 2.06. The maximum absolute atomic E-state index is 12.6. The Bertz CT molecular complexity index is 422. The van der Waals surface area contributed by atoms with Gasteiger partial charge in [-0.3, -0.25) is 4.79 Å². The normalized spacial score (nSPS) is 24.2. The Labute approximate surface area is 121 Å². The van der Waals surface area contributed by atoms with Gasteiger partial charge in [-0.15, -0.1) is 0 Å². The number of ether oxygens (including phenoxy) is 1. The topological polar surface area (TPSA) is 29.5 Å². The quantitative estimate of drug-likeness (QED) is 0.843. The lowest BCUT2D eigenvalue weighted by molar-refractivity contribution is -0.141. The fraction of sp³-hybridized carbons (Fsp3) is 0.588. The first kappa shape index (κ1) is 14.9. The second-order valence-electron chi connectivity index (χ2n) is 6.02. The molecule has 0 radical (unpaired) electrons. The molecule has 1 aliphatic heterocycles. The van der Waals surface area contributed by atoms with E-state index in [-0.39, 0.29) is 12.0 Å². The number of amides is 1. The molecule has 110 valence electrons. The molecule has 3 heteroatoms. The summed E-state index contributed by atoms with van der Waals surface area (Å²) in [6.07, 6.45) is 1.54. The summed E-state index contributed by atoms with van der Waals surface area (Å²) >= 11 is 0. The fourth-order valence-electron chi connectivity index (χ4n) is 3.02. The van der Waals surface area contributed by atoms with E-state index < -0.39 is 0 Å². The molecule has 3 nitrogen and oxygen atoms in total. The maximum Gasteiger partial charge on any atom is 0.263 e. The van der Waals surface area contributed by atoms with Crippen molar-refractivity contribution in [2.24, 2.45) is 11.8 Å². The van der Waals surface area contributed by atoms with E-state index in [0.29, 0.717) is 18.3 Å². The zero-order chi connectivity index (χ0) is 14.5. The maximum atomic E-state index is 12.6. The second-order valence-corrected chi connectivity index (χ2v) is 6.02. The second kappa shape index (κ2) is 6.78. The molecule has 2 rings (SSSR count). The predicted molar refractivity (Wildman–Crippen MR) is 80.7 cm³/mol. The smallest absolute Gasteiger partial charge is 0.263 e. The van der Waals surface area contributed by atoms with Crippen molar-refractivity contribution in [3.8, 4) is 5.75 Å². The van der Waals surface area contributed by atoms with Gasteiger partial charge in [0.1, 0.15) is 5.75 Å². The van der Waals surface area contributed by atoms with Gasteiger partial charge in [0.25, 0.3) is 5.91 Å². The predicted octanol–water partition coefficient (Wildman–Crippen LogP) is 3.35. The van der Waals surface area contributed by atoms with Crippen molar-refractivity contribution in [2.45, 2.75) is 39.7 Å². The van der Waals surface area contributed by atoms with E-state index in [2.05, 4.69) is 13.8 Å². The summed E-state index contributed by atoms with van der Waals surface area (Å²) in [6.45, 7) is 8.15. The average molecular weight is 275 g/mol. The first-order valence-corrected chi connectivity index (χ1v) is 7.60.